The molecule has 0 saturated heterocycles. The van der Waals surface area contributed by atoms with Gasteiger partial charge in [-0.25, -0.2) is 0 Å². The lowest BCUT2D eigenvalue weighted by molar-refractivity contribution is 0.646. The summed E-state index contributed by atoms with van der Waals surface area (Å²) in [6.45, 7) is 6.49. The van der Waals surface area contributed by atoms with Crippen molar-refractivity contribution in [3.8, 4) is 0 Å². The molecule has 0 aliphatic carbocycles. The van der Waals surface area contributed by atoms with E-state index in [0.717, 1.165) is 6.42 Å². The van der Waals surface area contributed by atoms with E-state index in [1.165, 1.54) is 11.1 Å². The van der Waals surface area contributed by atoms with Crippen LogP contribution in [0.25, 0.3) is 0 Å². The molecule has 0 aliphatic rings. The first kappa shape index (κ1) is 10.3. The average Bonchev–Trinajstić information content (AvgIpc) is 2.03. The zero-order chi connectivity index (χ0) is 9.84. The molecule has 1 atom stereocenters. The third-order valence-corrected chi connectivity index (χ3v) is 2.12. The van der Waals surface area contributed by atoms with Crippen LogP contribution in [0, 0.1) is 5.92 Å². The summed E-state index contributed by atoms with van der Waals surface area (Å²) in [5, 5.41) is 0. The van der Waals surface area contributed by atoms with E-state index in [1.807, 2.05) is 6.92 Å². The zero-order valence-corrected chi connectivity index (χ0v) is 8.75. The predicted molar refractivity (Wildman–Crippen MR) is 57.6 cm³/mol. The highest BCUT2D eigenvalue weighted by Gasteiger charge is 2.01. The van der Waals surface area contributed by atoms with Crippen LogP contribution in [0.3, 0.4) is 0 Å². The molecule has 0 heterocycles. The van der Waals surface area contributed by atoms with Crippen LogP contribution in [0.1, 0.15) is 37.9 Å². The Morgan fingerprint density at radius 2 is 1.92 bits per heavy atom. The van der Waals surface area contributed by atoms with E-state index in [0.29, 0.717) is 5.92 Å². The van der Waals surface area contributed by atoms with Crippen molar-refractivity contribution in [2.75, 3.05) is 0 Å². The Morgan fingerprint density at radius 3 is 2.46 bits per heavy atom. The first-order chi connectivity index (χ1) is 6.09. The molecule has 1 rings (SSSR count). The maximum atomic E-state index is 5.81. The smallest absolute Gasteiger partial charge is 0.0266 e. The van der Waals surface area contributed by atoms with E-state index >= 15 is 0 Å². The molecule has 0 unspecified atom stereocenters. The minimum Gasteiger partial charge on any atom is -0.324 e. The standard InChI is InChI=1S/C12H19N/c1-9(2)7-11-5-4-6-12(8-11)10(3)13/h4-6,8-10H,7,13H2,1-3H3/t10-/m1/s1. The van der Waals surface area contributed by atoms with E-state index < -0.39 is 0 Å². The summed E-state index contributed by atoms with van der Waals surface area (Å²) < 4.78 is 0. The van der Waals surface area contributed by atoms with Crippen LogP contribution in [0.5, 0.6) is 0 Å². The van der Waals surface area contributed by atoms with Crippen molar-refractivity contribution >= 4 is 0 Å². The van der Waals surface area contributed by atoms with Crippen molar-refractivity contribution in [1.29, 1.82) is 0 Å². The average molecular weight is 177 g/mol. The number of benzene rings is 1. The molecule has 0 bridgehead atoms. The van der Waals surface area contributed by atoms with E-state index in [1.54, 1.807) is 0 Å². The Balaban J connectivity index is 2.79. The SMILES string of the molecule is CC(C)Cc1cccc([C@@H](C)N)c1. The van der Waals surface area contributed by atoms with Crippen LogP contribution in [0.2, 0.25) is 0 Å². The van der Waals surface area contributed by atoms with Crippen LogP contribution in [-0.4, -0.2) is 0 Å². The van der Waals surface area contributed by atoms with E-state index in [4.69, 9.17) is 5.73 Å². The molecule has 0 saturated carbocycles. The van der Waals surface area contributed by atoms with Crippen LogP contribution < -0.4 is 5.73 Å². The third kappa shape index (κ3) is 3.19. The maximum absolute atomic E-state index is 5.81. The van der Waals surface area contributed by atoms with Gasteiger partial charge in [0.05, 0.1) is 0 Å². The molecule has 1 aromatic carbocycles. The van der Waals surface area contributed by atoms with Crippen molar-refractivity contribution in [2.24, 2.45) is 11.7 Å². The fourth-order valence-corrected chi connectivity index (χ4v) is 1.47. The Bertz CT molecular complexity index is 264. The van der Waals surface area contributed by atoms with Gasteiger partial charge in [0.15, 0.2) is 0 Å². The molecule has 0 radical (unpaired) electrons. The third-order valence-electron chi connectivity index (χ3n) is 2.12. The number of nitrogens with two attached hydrogens (primary N) is 1. The first-order valence-electron chi connectivity index (χ1n) is 4.94. The summed E-state index contributed by atoms with van der Waals surface area (Å²) >= 11 is 0. The minimum atomic E-state index is 0.145. The van der Waals surface area contributed by atoms with Crippen LogP contribution in [0.15, 0.2) is 24.3 Å². The Labute approximate surface area is 81.0 Å². The van der Waals surface area contributed by atoms with E-state index in [9.17, 15) is 0 Å². The molecular weight excluding hydrogens is 158 g/mol. The van der Waals surface area contributed by atoms with Crippen LogP contribution in [-0.2, 0) is 6.42 Å². The fourth-order valence-electron chi connectivity index (χ4n) is 1.47. The topological polar surface area (TPSA) is 26.0 Å². The number of rotatable bonds is 3. The molecule has 0 spiro atoms. The number of hydrogen-bond donors (Lipinski definition) is 1. The molecule has 0 amide bonds. The molecule has 1 heteroatoms. The lowest BCUT2D eigenvalue weighted by atomic mass is 9.99. The predicted octanol–water partition coefficient (Wildman–Crippen LogP) is 2.90. The second-order valence-corrected chi connectivity index (χ2v) is 4.13. The lowest BCUT2D eigenvalue weighted by Crippen LogP contribution is -2.05. The van der Waals surface area contributed by atoms with Crippen LogP contribution in [0.4, 0.5) is 0 Å². The molecule has 1 nitrogen and oxygen atoms in total. The van der Waals surface area contributed by atoms with Crippen LogP contribution >= 0.6 is 0 Å². The normalized spacial score (nSPS) is 13.3. The van der Waals surface area contributed by atoms with Gasteiger partial charge in [0.25, 0.3) is 0 Å². The Kier molecular flexibility index (Phi) is 3.49. The maximum Gasteiger partial charge on any atom is 0.0266 e. The molecule has 0 aliphatic heterocycles. The van der Waals surface area contributed by atoms with Gasteiger partial charge in [0.2, 0.25) is 0 Å². The van der Waals surface area contributed by atoms with Gasteiger partial charge in [0, 0.05) is 6.04 Å². The van der Waals surface area contributed by atoms with Crippen molar-refractivity contribution in [3.63, 3.8) is 0 Å². The van der Waals surface area contributed by atoms with Gasteiger partial charge in [-0.15, -0.1) is 0 Å². The fraction of sp³-hybridized carbons (Fsp3) is 0.500. The largest absolute Gasteiger partial charge is 0.324 e. The van der Waals surface area contributed by atoms with Crippen molar-refractivity contribution in [1.82, 2.24) is 0 Å². The molecule has 2 N–H and O–H groups in total. The van der Waals surface area contributed by atoms with E-state index in [-0.39, 0.29) is 6.04 Å². The first-order valence-corrected chi connectivity index (χ1v) is 4.94. The summed E-state index contributed by atoms with van der Waals surface area (Å²) in [6.07, 6.45) is 1.14. The summed E-state index contributed by atoms with van der Waals surface area (Å²) in [5.41, 5.74) is 8.44. The highest BCUT2D eigenvalue weighted by Crippen LogP contribution is 2.14. The minimum absolute atomic E-state index is 0.145. The molecule has 13 heavy (non-hydrogen) atoms. The van der Waals surface area contributed by atoms with Gasteiger partial charge in [0.1, 0.15) is 0 Å². The van der Waals surface area contributed by atoms with Crippen molar-refractivity contribution < 1.29 is 0 Å². The Hall–Kier alpha value is -0.820. The van der Waals surface area contributed by atoms with Gasteiger partial charge in [-0.1, -0.05) is 38.1 Å². The molecule has 0 fully saturated rings. The molecular formula is C12H19N. The highest BCUT2D eigenvalue weighted by atomic mass is 14.6. The summed E-state index contributed by atoms with van der Waals surface area (Å²) in [6, 6.07) is 8.72. The molecule has 1 aromatic rings. The Morgan fingerprint density at radius 1 is 1.23 bits per heavy atom. The lowest BCUT2D eigenvalue weighted by Gasteiger charge is -2.09. The second-order valence-electron chi connectivity index (χ2n) is 4.13. The van der Waals surface area contributed by atoms with Crippen molar-refractivity contribution in [3.05, 3.63) is 35.4 Å². The summed E-state index contributed by atoms with van der Waals surface area (Å²) in [5.74, 6) is 0.711. The molecule has 72 valence electrons. The van der Waals surface area contributed by atoms with Gasteiger partial charge in [-0.2, -0.15) is 0 Å². The summed E-state index contributed by atoms with van der Waals surface area (Å²) in [7, 11) is 0. The monoisotopic (exact) mass is 177 g/mol. The van der Waals surface area contributed by atoms with Gasteiger partial charge in [-0.3, -0.25) is 0 Å². The summed E-state index contributed by atoms with van der Waals surface area (Å²) in [4.78, 5) is 0. The van der Waals surface area contributed by atoms with Crippen molar-refractivity contribution in [2.45, 2.75) is 33.2 Å². The second kappa shape index (κ2) is 4.43. The van der Waals surface area contributed by atoms with Gasteiger partial charge < -0.3 is 5.73 Å². The molecule has 0 aromatic heterocycles. The van der Waals surface area contributed by atoms with Gasteiger partial charge in [-0.05, 0) is 30.4 Å². The zero-order valence-electron chi connectivity index (χ0n) is 8.75. The quantitative estimate of drug-likeness (QED) is 0.754. The highest BCUT2D eigenvalue weighted by molar-refractivity contribution is 5.25. The van der Waals surface area contributed by atoms with Gasteiger partial charge >= 0.3 is 0 Å². The van der Waals surface area contributed by atoms with E-state index in [2.05, 4.69) is 38.1 Å². The number of hydrogen-bond acceptors (Lipinski definition) is 1.